The van der Waals surface area contributed by atoms with Crippen molar-refractivity contribution in [1.82, 2.24) is 15.6 Å². The normalized spacial score (nSPS) is 16.1. The summed E-state index contributed by atoms with van der Waals surface area (Å²) in [6.45, 7) is 5.09. The van der Waals surface area contributed by atoms with E-state index in [4.69, 9.17) is 5.73 Å². The van der Waals surface area contributed by atoms with Crippen LogP contribution in [-0.2, 0) is 25.6 Å². The van der Waals surface area contributed by atoms with Crippen molar-refractivity contribution in [1.29, 1.82) is 0 Å². The molecule has 0 spiro atoms. The third kappa shape index (κ3) is 7.31. The number of amides is 2. The number of hydrogen-bond acceptors (Lipinski definition) is 7. The van der Waals surface area contributed by atoms with Gasteiger partial charge in [-0.1, -0.05) is 56.7 Å². The molecule has 2 unspecified atom stereocenters. The molecule has 9 nitrogen and oxygen atoms in total. The van der Waals surface area contributed by atoms with Gasteiger partial charge in [0, 0.05) is 30.8 Å². The van der Waals surface area contributed by atoms with Gasteiger partial charge >= 0.3 is 5.97 Å². The zero-order valence-electron chi connectivity index (χ0n) is 21.3. The van der Waals surface area contributed by atoms with Crippen molar-refractivity contribution in [2.75, 3.05) is 5.73 Å². The molecule has 2 atom stereocenters. The smallest absolute Gasteiger partial charge is 0.326 e. The van der Waals surface area contributed by atoms with Crippen LogP contribution in [0.2, 0.25) is 0 Å². The van der Waals surface area contributed by atoms with E-state index in [1.165, 1.54) is 6.92 Å². The molecule has 1 aliphatic carbocycles. The summed E-state index contributed by atoms with van der Waals surface area (Å²) in [7, 11) is 0. The highest BCUT2D eigenvalue weighted by Gasteiger charge is 2.45. The number of carbonyl (C=O) groups is 4. The van der Waals surface area contributed by atoms with Gasteiger partial charge in [-0.2, -0.15) is 0 Å². The quantitative estimate of drug-likeness (QED) is 0.345. The average molecular weight is 527 g/mol. The van der Waals surface area contributed by atoms with E-state index in [2.05, 4.69) is 15.6 Å². The molecule has 10 heteroatoms. The number of nitrogen functional groups attached to an aromatic ring is 1. The maximum Gasteiger partial charge on any atom is 0.326 e. The summed E-state index contributed by atoms with van der Waals surface area (Å²) in [5.41, 5.74) is 7.43. The number of nitrogens with zero attached hydrogens (tertiary/aromatic N) is 1. The Labute approximate surface area is 221 Å². The fraction of sp³-hybridized carbons (Fsp3) is 0.444. The highest BCUT2D eigenvalue weighted by Crippen LogP contribution is 2.32. The second-order valence-corrected chi connectivity index (χ2v) is 11.1. The van der Waals surface area contributed by atoms with Crippen LogP contribution in [0.1, 0.15) is 52.0 Å². The number of anilines is 1. The molecule has 1 aromatic carbocycles. The first kappa shape index (κ1) is 28.2. The van der Waals surface area contributed by atoms with Crippen molar-refractivity contribution in [3.8, 4) is 11.3 Å². The molecule has 0 bridgehead atoms. The minimum Gasteiger partial charge on any atom is -0.480 e. The number of carboxylic acids is 1. The van der Waals surface area contributed by atoms with E-state index >= 15 is 0 Å². The molecule has 1 fully saturated rings. The molecule has 2 aromatic rings. The zero-order chi connectivity index (χ0) is 27.2. The number of rotatable bonds is 10. The Morgan fingerprint density at radius 3 is 2.38 bits per heavy atom. The Morgan fingerprint density at radius 2 is 1.84 bits per heavy atom. The average Bonchev–Trinajstić information content (AvgIpc) is 3.31. The molecule has 0 saturated heterocycles. The lowest BCUT2D eigenvalue weighted by Crippen LogP contribution is -2.61. The summed E-state index contributed by atoms with van der Waals surface area (Å²) in [6, 6.07) is 9.64. The minimum atomic E-state index is -1.20. The van der Waals surface area contributed by atoms with Gasteiger partial charge in [0.1, 0.15) is 11.6 Å². The first-order valence-corrected chi connectivity index (χ1v) is 13.2. The molecule has 1 aromatic heterocycles. The van der Waals surface area contributed by atoms with Crippen molar-refractivity contribution < 1.29 is 24.3 Å². The van der Waals surface area contributed by atoms with Crippen molar-refractivity contribution in [3.63, 3.8) is 0 Å². The molecule has 1 aliphatic rings. The Morgan fingerprint density at radius 1 is 1.14 bits per heavy atom. The van der Waals surface area contributed by atoms with Crippen LogP contribution in [0.4, 0.5) is 5.69 Å². The molecule has 0 radical (unpaired) electrons. The van der Waals surface area contributed by atoms with Crippen LogP contribution in [0, 0.1) is 5.92 Å². The predicted octanol–water partition coefficient (Wildman–Crippen LogP) is 3.18. The van der Waals surface area contributed by atoms with Gasteiger partial charge in [-0.05, 0) is 42.5 Å². The van der Waals surface area contributed by atoms with Gasteiger partial charge in [-0.25, -0.2) is 4.79 Å². The number of pyridine rings is 1. The number of benzene rings is 1. The number of carboxylic acid groups (broad SMARTS) is 1. The van der Waals surface area contributed by atoms with Crippen LogP contribution < -0.4 is 16.4 Å². The number of aromatic nitrogens is 1. The van der Waals surface area contributed by atoms with Gasteiger partial charge in [-0.15, -0.1) is 0 Å². The molecule has 1 saturated carbocycles. The van der Waals surface area contributed by atoms with E-state index in [0.717, 1.165) is 30.2 Å². The zero-order valence-corrected chi connectivity index (χ0v) is 22.1. The lowest BCUT2D eigenvalue weighted by atomic mass is 9.94. The molecule has 5 N–H and O–H groups in total. The summed E-state index contributed by atoms with van der Waals surface area (Å²) in [5, 5.41) is 14.5. The number of nitrogens with one attached hydrogen (secondary N) is 2. The van der Waals surface area contributed by atoms with Gasteiger partial charge in [0.15, 0.2) is 5.12 Å². The summed E-state index contributed by atoms with van der Waals surface area (Å²) in [5.74, 6) is -2.21. The number of nitrogens with two attached hydrogens (primary N) is 1. The van der Waals surface area contributed by atoms with Gasteiger partial charge < -0.3 is 21.5 Å². The fourth-order valence-corrected chi connectivity index (χ4v) is 5.31. The van der Waals surface area contributed by atoms with Gasteiger partial charge in [-0.3, -0.25) is 19.4 Å². The summed E-state index contributed by atoms with van der Waals surface area (Å²) in [6.07, 6.45) is 3.88. The summed E-state index contributed by atoms with van der Waals surface area (Å²) >= 11 is 0.940. The van der Waals surface area contributed by atoms with Crippen molar-refractivity contribution >= 4 is 40.3 Å². The number of carbonyl (C=O) groups excluding carboxylic acids is 3. The van der Waals surface area contributed by atoms with Crippen LogP contribution in [-0.4, -0.2) is 49.8 Å². The Kier molecular flexibility index (Phi) is 9.31. The summed E-state index contributed by atoms with van der Waals surface area (Å²) < 4.78 is 0. The summed E-state index contributed by atoms with van der Waals surface area (Å²) in [4.78, 5) is 54.6. The molecular weight excluding hydrogens is 492 g/mol. The monoisotopic (exact) mass is 526 g/mol. The molecule has 1 heterocycles. The Hall–Kier alpha value is -3.40. The molecular formula is C27H34N4O5S. The van der Waals surface area contributed by atoms with Crippen LogP contribution in [0.25, 0.3) is 11.3 Å². The lowest BCUT2D eigenvalue weighted by Gasteiger charge is -2.32. The topological polar surface area (TPSA) is 151 Å². The van der Waals surface area contributed by atoms with E-state index in [-0.39, 0.29) is 23.4 Å². The Balaban J connectivity index is 1.73. The Bertz CT molecular complexity index is 1150. The molecule has 0 aliphatic heterocycles. The molecule has 37 heavy (non-hydrogen) atoms. The van der Waals surface area contributed by atoms with Crippen molar-refractivity contribution in [2.24, 2.45) is 5.92 Å². The largest absolute Gasteiger partial charge is 0.480 e. The predicted molar refractivity (Wildman–Crippen MR) is 144 cm³/mol. The fourth-order valence-electron chi connectivity index (χ4n) is 4.51. The number of aliphatic carboxylic acids is 1. The van der Waals surface area contributed by atoms with Crippen LogP contribution in [0.5, 0.6) is 0 Å². The van der Waals surface area contributed by atoms with Crippen LogP contribution >= 0.6 is 11.8 Å². The van der Waals surface area contributed by atoms with E-state index < -0.39 is 28.7 Å². The van der Waals surface area contributed by atoms with Crippen molar-refractivity contribution in [2.45, 2.75) is 69.7 Å². The second kappa shape index (κ2) is 12.2. The SMILES string of the molecule is CC(=O)SC(C(=O)NC1(C(=O)NC(Cc2ccc(-c3cccc(N)c3)nc2)C(=O)O)CCCC1)C(C)C. The highest BCUT2D eigenvalue weighted by atomic mass is 32.2. The van der Waals surface area contributed by atoms with E-state index in [0.29, 0.717) is 29.8 Å². The van der Waals surface area contributed by atoms with E-state index in [1.807, 2.05) is 26.0 Å². The standard InChI is InChI=1S/C27H34N4O5S/c1-16(2)23(37-17(3)32)24(33)31-27(11-4-5-12-27)26(36)30-22(25(34)35)13-18-9-10-21(29-15-18)19-7-6-8-20(28)14-19/h6-10,14-16,22-23H,4-5,11-13,28H2,1-3H3,(H,30,36)(H,31,33)(H,34,35). The molecule has 3 rings (SSSR count). The first-order chi connectivity index (χ1) is 17.5. The van der Waals surface area contributed by atoms with Gasteiger partial charge in [0.05, 0.1) is 10.9 Å². The number of thioether (sulfide) groups is 1. The third-order valence-electron chi connectivity index (χ3n) is 6.46. The van der Waals surface area contributed by atoms with Gasteiger partial charge in [0.2, 0.25) is 11.8 Å². The van der Waals surface area contributed by atoms with Crippen molar-refractivity contribution in [3.05, 3.63) is 48.2 Å². The van der Waals surface area contributed by atoms with E-state index in [1.54, 1.807) is 30.5 Å². The number of hydrogen-bond donors (Lipinski definition) is 4. The highest BCUT2D eigenvalue weighted by molar-refractivity contribution is 8.14. The minimum absolute atomic E-state index is 0.0319. The van der Waals surface area contributed by atoms with E-state index in [9.17, 15) is 24.3 Å². The maximum atomic E-state index is 13.4. The molecule has 2 amide bonds. The maximum absolute atomic E-state index is 13.4. The first-order valence-electron chi connectivity index (χ1n) is 12.3. The third-order valence-corrected chi connectivity index (χ3v) is 7.81. The van der Waals surface area contributed by atoms with Gasteiger partial charge in [0.25, 0.3) is 0 Å². The van der Waals surface area contributed by atoms with Crippen LogP contribution in [0.15, 0.2) is 42.6 Å². The molecule has 198 valence electrons. The van der Waals surface area contributed by atoms with Crippen LogP contribution in [0.3, 0.4) is 0 Å². The second-order valence-electron chi connectivity index (χ2n) is 9.80. The lowest BCUT2D eigenvalue weighted by molar-refractivity contribution is -0.143.